The quantitative estimate of drug-likeness (QED) is 0.664. The van der Waals surface area contributed by atoms with Crippen LogP contribution in [0.15, 0.2) is 42.6 Å². The first-order valence-corrected chi connectivity index (χ1v) is 11.0. The SMILES string of the molecule is O=C(c1ccc(OCC2CCN(C(=O)c3ccc(Cl)nc3)CC2)cc1)N1CCOCC1. The molecule has 31 heavy (non-hydrogen) atoms. The van der Waals surface area contributed by atoms with Gasteiger partial charge in [0, 0.05) is 37.9 Å². The van der Waals surface area contributed by atoms with Crippen molar-refractivity contribution in [1.82, 2.24) is 14.8 Å². The van der Waals surface area contributed by atoms with Crippen LogP contribution < -0.4 is 4.74 Å². The zero-order valence-electron chi connectivity index (χ0n) is 17.3. The summed E-state index contributed by atoms with van der Waals surface area (Å²) >= 11 is 5.79. The molecule has 3 heterocycles. The number of halogens is 1. The molecular weight excluding hydrogens is 418 g/mol. The molecule has 0 spiro atoms. The van der Waals surface area contributed by atoms with Crippen molar-refractivity contribution in [1.29, 1.82) is 0 Å². The Kier molecular flexibility index (Phi) is 7.04. The summed E-state index contributed by atoms with van der Waals surface area (Å²) in [7, 11) is 0. The largest absolute Gasteiger partial charge is 0.493 e. The lowest BCUT2D eigenvalue weighted by atomic mass is 9.97. The molecule has 0 unspecified atom stereocenters. The zero-order valence-corrected chi connectivity index (χ0v) is 18.1. The lowest BCUT2D eigenvalue weighted by molar-refractivity contribution is 0.0303. The first-order chi connectivity index (χ1) is 15.1. The average Bonchev–Trinajstić information content (AvgIpc) is 2.83. The fraction of sp³-hybridized carbons (Fsp3) is 0.435. The first-order valence-electron chi connectivity index (χ1n) is 10.6. The molecule has 0 radical (unpaired) electrons. The van der Waals surface area contributed by atoms with E-state index in [1.54, 1.807) is 12.1 Å². The van der Waals surface area contributed by atoms with Crippen molar-refractivity contribution in [2.75, 3.05) is 46.0 Å². The van der Waals surface area contributed by atoms with Crippen LogP contribution in [0.1, 0.15) is 33.6 Å². The molecule has 7 nitrogen and oxygen atoms in total. The molecule has 1 aromatic heterocycles. The number of nitrogens with zero attached hydrogens (tertiary/aromatic N) is 3. The zero-order chi connectivity index (χ0) is 21.6. The second kappa shape index (κ2) is 10.1. The van der Waals surface area contributed by atoms with Crippen LogP contribution in [0.3, 0.4) is 0 Å². The molecule has 0 aliphatic carbocycles. The van der Waals surface area contributed by atoms with E-state index < -0.39 is 0 Å². The van der Waals surface area contributed by atoms with E-state index in [2.05, 4.69) is 4.98 Å². The third-order valence-electron chi connectivity index (χ3n) is 5.76. The van der Waals surface area contributed by atoms with E-state index >= 15 is 0 Å². The number of morpholine rings is 1. The number of aromatic nitrogens is 1. The molecule has 1 aromatic carbocycles. The summed E-state index contributed by atoms with van der Waals surface area (Å²) in [6, 6.07) is 10.7. The van der Waals surface area contributed by atoms with E-state index in [9.17, 15) is 9.59 Å². The molecule has 2 aromatic rings. The van der Waals surface area contributed by atoms with Gasteiger partial charge in [0.1, 0.15) is 10.9 Å². The summed E-state index contributed by atoms with van der Waals surface area (Å²) in [6.45, 7) is 4.44. The van der Waals surface area contributed by atoms with Crippen LogP contribution in [0.25, 0.3) is 0 Å². The fourth-order valence-electron chi connectivity index (χ4n) is 3.84. The summed E-state index contributed by atoms with van der Waals surface area (Å²) in [5.74, 6) is 1.16. The molecule has 2 saturated heterocycles. The summed E-state index contributed by atoms with van der Waals surface area (Å²) < 4.78 is 11.2. The Morgan fingerprint density at radius 2 is 1.55 bits per heavy atom. The van der Waals surface area contributed by atoms with Crippen molar-refractivity contribution in [3.8, 4) is 5.75 Å². The van der Waals surface area contributed by atoms with Gasteiger partial charge in [0.2, 0.25) is 0 Å². The highest BCUT2D eigenvalue weighted by atomic mass is 35.5. The topological polar surface area (TPSA) is 72.0 Å². The van der Waals surface area contributed by atoms with Crippen molar-refractivity contribution in [2.24, 2.45) is 5.92 Å². The molecular formula is C23H26ClN3O4. The van der Waals surface area contributed by atoms with Crippen molar-refractivity contribution < 1.29 is 19.1 Å². The van der Waals surface area contributed by atoms with Crippen LogP contribution in [-0.2, 0) is 4.74 Å². The van der Waals surface area contributed by atoms with Gasteiger partial charge in [-0.05, 0) is 55.2 Å². The van der Waals surface area contributed by atoms with Crippen LogP contribution in [0, 0.1) is 5.92 Å². The van der Waals surface area contributed by atoms with Crippen LogP contribution in [0.2, 0.25) is 5.15 Å². The van der Waals surface area contributed by atoms with Crippen molar-refractivity contribution in [3.05, 3.63) is 58.9 Å². The maximum Gasteiger partial charge on any atom is 0.255 e. The van der Waals surface area contributed by atoms with Gasteiger partial charge in [-0.25, -0.2) is 4.98 Å². The highest BCUT2D eigenvalue weighted by molar-refractivity contribution is 6.29. The Morgan fingerprint density at radius 3 is 2.19 bits per heavy atom. The van der Waals surface area contributed by atoms with Gasteiger partial charge in [0.05, 0.1) is 25.4 Å². The number of amides is 2. The molecule has 0 atom stereocenters. The highest BCUT2D eigenvalue weighted by Crippen LogP contribution is 2.22. The Morgan fingerprint density at radius 1 is 0.935 bits per heavy atom. The van der Waals surface area contributed by atoms with Crippen LogP contribution in [-0.4, -0.2) is 72.6 Å². The van der Waals surface area contributed by atoms with Gasteiger partial charge in [0.25, 0.3) is 11.8 Å². The minimum Gasteiger partial charge on any atom is -0.493 e. The van der Waals surface area contributed by atoms with Crippen molar-refractivity contribution >= 4 is 23.4 Å². The molecule has 2 fully saturated rings. The highest BCUT2D eigenvalue weighted by Gasteiger charge is 2.24. The number of hydrogen-bond acceptors (Lipinski definition) is 5. The molecule has 0 N–H and O–H groups in total. The normalized spacial score (nSPS) is 17.5. The Bertz CT molecular complexity index is 890. The van der Waals surface area contributed by atoms with Gasteiger partial charge >= 0.3 is 0 Å². The van der Waals surface area contributed by atoms with Crippen LogP contribution >= 0.6 is 11.6 Å². The second-order valence-corrected chi connectivity index (χ2v) is 8.23. The Hall–Kier alpha value is -2.64. The van der Waals surface area contributed by atoms with Gasteiger partial charge in [-0.15, -0.1) is 0 Å². The number of pyridine rings is 1. The lowest BCUT2D eigenvalue weighted by Crippen LogP contribution is -2.40. The monoisotopic (exact) mass is 443 g/mol. The summed E-state index contributed by atoms with van der Waals surface area (Å²) in [5.41, 5.74) is 1.23. The van der Waals surface area contributed by atoms with E-state index in [-0.39, 0.29) is 11.8 Å². The van der Waals surface area contributed by atoms with Crippen LogP contribution in [0.5, 0.6) is 5.75 Å². The fourth-order valence-corrected chi connectivity index (χ4v) is 3.96. The Balaban J connectivity index is 1.23. The van der Waals surface area contributed by atoms with E-state index in [1.165, 1.54) is 6.20 Å². The van der Waals surface area contributed by atoms with Crippen LogP contribution in [0.4, 0.5) is 0 Å². The number of carbonyl (C=O) groups excluding carboxylic acids is 2. The number of carbonyl (C=O) groups is 2. The maximum atomic E-state index is 12.6. The Labute approximate surface area is 186 Å². The minimum absolute atomic E-state index is 0.0101. The lowest BCUT2D eigenvalue weighted by Gasteiger charge is -2.32. The third kappa shape index (κ3) is 5.54. The minimum atomic E-state index is -0.0101. The molecule has 8 heteroatoms. The maximum absolute atomic E-state index is 12.6. The average molecular weight is 444 g/mol. The van der Waals surface area contributed by atoms with E-state index in [0.717, 1.165) is 18.6 Å². The number of piperidine rings is 1. The van der Waals surface area contributed by atoms with Gasteiger partial charge in [-0.3, -0.25) is 9.59 Å². The van der Waals surface area contributed by atoms with E-state index in [1.807, 2.05) is 34.1 Å². The number of rotatable bonds is 5. The number of likely N-dealkylation sites (tertiary alicyclic amines) is 1. The summed E-state index contributed by atoms with van der Waals surface area (Å²) in [6.07, 6.45) is 3.30. The predicted molar refractivity (Wildman–Crippen MR) is 117 cm³/mol. The molecule has 2 aliphatic heterocycles. The number of hydrogen-bond donors (Lipinski definition) is 0. The van der Waals surface area contributed by atoms with Crippen molar-refractivity contribution in [2.45, 2.75) is 12.8 Å². The molecule has 2 aliphatic rings. The van der Waals surface area contributed by atoms with Gasteiger partial charge in [0.15, 0.2) is 0 Å². The summed E-state index contributed by atoms with van der Waals surface area (Å²) in [5, 5.41) is 0.380. The standard InChI is InChI=1S/C23H26ClN3O4/c24-21-6-3-19(15-25-21)23(29)26-9-7-17(8-10-26)16-31-20-4-1-18(2-5-20)22(28)27-11-13-30-14-12-27/h1-6,15,17H,7-14,16H2. The summed E-state index contributed by atoms with van der Waals surface area (Å²) in [4.78, 5) is 32.7. The number of ether oxygens (including phenoxy) is 2. The van der Waals surface area contributed by atoms with Gasteiger partial charge < -0.3 is 19.3 Å². The third-order valence-corrected chi connectivity index (χ3v) is 5.98. The second-order valence-electron chi connectivity index (χ2n) is 7.85. The molecule has 164 valence electrons. The molecule has 0 saturated carbocycles. The predicted octanol–water partition coefficient (Wildman–Crippen LogP) is 3.14. The number of benzene rings is 1. The van der Waals surface area contributed by atoms with Crippen molar-refractivity contribution in [3.63, 3.8) is 0 Å². The van der Waals surface area contributed by atoms with E-state index in [4.69, 9.17) is 21.1 Å². The van der Waals surface area contributed by atoms with Gasteiger partial charge in [-0.1, -0.05) is 11.6 Å². The van der Waals surface area contributed by atoms with E-state index in [0.29, 0.717) is 68.2 Å². The van der Waals surface area contributed by atoms with Gasteiger partial charge in [-0.2, -0.15) is 0 Å². The molecule has 0 bridgehead atoms. The first kappa shape index (κ1) is 21.6. The molecule has 2 amide bonds. The molecule has 4 rings (SSSR count). The smallest absolute Gasteiger partial charge is 0.255 e.